The summed E-state index contributed by atoms with van der Waals surface area (Å²) in [5.41, 5.74) is 7.49. The molecule has 0 saturated heterocycles. The van der Waals surface area contributed by atoms with Crippen molar-refractivity contribution < 1.29 is 9.18 Å². The number of halogens is 1. The van der Waals surface area contributed by atoms with E-state index in [0.29, 0.717) is 29.3 Å². The van der Waals surface area contributed by atoms with Gasteiger partial charge in [-0.25, -0.2) is 4.39 Å². The van der Waals surface area contributed by atoms with Crippen LogP contribution < -0.4 is 10.6 Å². The van der Waals surface area contributed by atoms with Crippen LogP contribution in [0.4, 0.5) is 10.1 Å². The van der Waals surface area contributed by atoms with Gasteiger partial charge in [-0.05, 0) is 30.7 Å². The van der Waals surface area contributed by atoms with Gasteiger partial charge in [0.2, 0.25) is 5.91 Å². The molecule has 0 unspecified atom stereocenters. The van der Waals surface area contributed by atoms with Gasteiger partial charge in [0.1, 0.15) is 18.3 Å². The Morgan fingerprint density at radius 1 is 1.36 bits per heavy atom. The predicted octanol–water partition coefficient (Wildman–Crippen LogP) is 1.80. The van der Waals surface area contributed by atoms with Crippen LogP contribution in [0.15, 0.2) is 45.9 Å². The third kappa shape index (κ3) is 2.34. The third-order valence-corrected chi connectivity index (χ3v) is 3.59. The number of carbonyl (C=O) groups is 1. The molecule has 3 rings (SSSR count). The van der Waals surface area contributed by atoms with E-state index in [4.69, 9.17) is 5.73 Å². The van der Waals surface area contributed by atoms with E-state index < -0.39 is 0 Å². The molecule has 0 radical (unpaired) electrons. The zero-order chi connectivity index (χ0) is 15.7. The second-order valence-corrected chi connectivity index (χ2v) is 5.08. The topological polar surface area (TPSA) is 74.3 Å². The molecule has 22 heavy (non-hydrogen) atoms. The number of amidine groups is 1. The normalized spacial score (nSPS) is 16.9. The van der Waals surface area contributed by atoms with Gasteiger partial charge in [-0.3, -0.25) is 9.69 Å². The molecule has 6 nitrogen and oxygen atoms in total. The van der Waals surface area contributed by atoms with Crippen LogP contribution in [0.2, 0.25) is 0 Å². The van der Waals surface area contributed by atoms with Crippen LogP contribution in [0.1, 0.15) is 19.8 Å². The zero-order valence-electron chi connectivity index (χ0n) is 12.2. The largest absolute Gasteiger partial charge is 0.384 e. The van der Waals surface area contributed by atoms with Crippen molar-refractivity contribution in [2.24, 2.45) is 15.9 Å². The molecule has 0 aliphatic carbocycles. The molecule has 0 saturated carbocycles. The fraction of sp³-hybridized carbons (Fsp3) is 0.267. The summed E-state index contributed by atoms with van der Waals surface area (Å²) in [6.45, 7) is 2.18. The number of nitrogens with zero attached hydrogens (tertiary/aromatic N) is 4. The number of carbonyl (C=O) groups excluding carboxylic acids is 1. The van der Waals surface area contributed by atoms with Crippen molar-refractivity contribution in [1.82, 2.24) is 4.90 Å². The van der Waals surface area contributed by atoms with Crippen molar-refractivity contribution in [2.45, 2.75) is 19.8 Å². The highest BCUT2D eigenvalue weighted by atomic mass is 19.1. The summed E-state index contributed by atoms with van der Waals surface area (Å²) < 4.78 is 13.1. The van der Waals surface area contributed by atoms with Gasteiger partial charge in [0, 0.05) is 12.1 Å². The quantitative estimate of drug-likeness (QED) is 0.925. The summed E-state index contributed by atoms with van der Waals surface area (Å²) >= 11 is 0. The molecule has 0 spiro atoms. The molecule has 0 aromatic heterocycles. The predicted molar refractivity (Wildman–Crippen MR) is 82.6 cm³/mol. The lowest BCUT2D eigenvalue weighted by Crippen LogP contribution is -2.51. The van der Waals surface area contributed by atoms with Crippen LogP contribution in [0.3, 0.4) is 0 Å². The molecule has 0 bridgehead atoms. The van der Waals surface area contributed by atoms with Crippen molar-refractivity contribution in [1.29, 1.82) is 0 Å². The van der Waals surface area contributed by atoms with Crippen LogP contribution in [-0.2, 0) is 4.79 Å². The van der Waals surface area contributed by atoms with Gasteiger partial charge in [-0.2, -0.15) is 5.10 Å². The van der Waals surface area contributed by atoms with E-state index >= 15 is 0 Å². The van der Waals surface area contributed by atoms with E-state index in [-0.39, 0.29) is 18.4 Å². The molecule has 2 aliphatic rings. The van der Waals surface area contributed by atoms with Crippen molar-refractivity contribution in [3.63, 3.8) is 0 Å². The second kappa shape index (κ2) is 5.59. The molecule has 2 aliphatic heterocycles. The van der Waals surface area contributed by atoms with Crippen LogP contribution in [0.25, 0.3) is 0 Å². The number of benzene rings is 1. The van der Waals surface area contributed by atoms with Crippen LogP contribution in [-0.4, -0.2) is 29.5 Å². The van der Waals surface area contributed by atoms with Crippen LogP contribution in [0, 0.1) is 5.82 Å². The Bertz CT molecular complexity index is 692. The van der Waals surface area contributed by atoms with E-state index in [1.807, 2.05) is 6.92 Å². The van der Waals surface area contributed by atoms with E-state index in [1.54, 1.807) is 21.9 Å². The second-order valence-electron chi connectivity index (χ2n) is 5.08. The monoisotopic (exact) mass is 301 g/mol. The van der Waals surface area contributed by atoms with Crippen molar-refractivity contribution >= 4 is 23.6 Å². The summed E-state index contributed by atoms with van der Waals surface area (Å²) in [6.07, 6.45) is 2.70. The SMILES string of the molecule is CCCC(=O)N1CN(c2ccc(F)cc2)C(N)=C2C=NN=C21. The molecule has 0 fully saturated rings. The highest BCUT2D eigenvalue weighted by Gasteiger charge is 2.34. The van der Waals surface area contributed by atoms with Gasteiger partial charge in [-0.1, -0.05) is 6.92 Å². The Balaban J connectivity index is 1.99. The van der Waals surface area contributed by atoms with E-state index in [2.05, 4.69) is 10.2 Å². The van der Waals surface area contributed by atoms with Crippen molar-refractivity contribution in [3.05, 3.63) is 41.5 Å². The summed E-state index contributed by atoms with van der Waals surface area (Å²) in [4.78, 5) is 15.6. The minimum absolute atomic E-state index is 0.0381. The average Bonchev–Trinajstić information content (AvgIpc) is 2.99. The molecule has 1 amide bonds. The van der Waals surface area contributed by atoms with E-state index in [1.165, 1.54) is 18.3 Å². The fourth-order valence-corrected chi connectivity index (χ4v) is 2.45. The van der Waals surface area contributed by atoms with Gasteiger partial charge in [-0.15, -0.1) is 5.10 Å². The summed E-state index contributed by atoms with van der Waals surface area (Å²) in [7, 11) is 0. The molecule has 1 aromatic rings. The standard InChI is InChI=1S/C15H16FN5O/c1-2-3-13(22)21-9-20(11-6-4-10(16)5-7-11)14(17)12-8-18-19-15(12)21/h4-8H,2-3,9,17H2,1H3. The first kappa shape index (κ1) is 14.2. The number of nitrogens with two attached hydrogens (primary N) is 1. The molecular formula is C15H16FN5O. The highest BCUT2D eigenvalue weighted by Crippen LogP contribution is 2.26. The first-order chi connectivity index (χ1) is 10.6. The third-order valence-electron chi connectivity index (χ3n) is 3.59. The molecule has 2 N–H and O–H groups in total. The number of fused-ring (bicyclic) bond motifs is 1. The zero-order valence-corrected chi connectivity index (χ0v) is 12.2. The smallest absolute Gasteiger partial charge is 0.229 e. The lowest BCUT2D eigenvalue weighted by atomic mass is 10.1. The lowest BCUT2D eigenvalue weighted by Gasteiger charge is -2.37. The number of anilines is 1. The molecule has 7 heteroatoms. The Morgan fingerprint density at radius 2 is 2.09 bits per heavy atom. The Hall–Kier alpha value is -2.70. The van der Waals surface area contributed by atoms with Gasteiger partial charge >= 0.3 is 0 Å². The van der Waals surface area contributed by atoms with Crippen molar-refractivity contribution in [3.8, 4) is 0 Å². The molecular weight excluding hydrogens is 285 g/mol. The first-order valence-electron chi connectivity index (χ1n) is 7.06. The molecule has 1 aromatic carbocycles. The maximum absolute atomic E-state index is 13.1. The van der Waals surface area contributed by atoms with E-state index in [0.717, 1.165) is 6.42 Å². The Kier molecular flexibility index (Phi) is 3.62. The van der Waals surface area contributed by atoms with Gasteiger partial charge in [0.15, 0.2) is 5.84 Å². The van der Waals surface area contributed by atoms with Gasteiger partial charge in [0.05, 0.1) is 11.8 Å². The minimum atomic E-state index is -0.324. The minimum Gasteiger partial charge on any atom is -0.384 e. The molecule has 0 atom stereocenters. The molecule has 114 valence electrons. The van der Waals surface area contributed by atoms with Crippen molar-refractivity contribution in [2.75, 3.05) is 11.6 Å². The van der Waals surface area contributed by atoms with E-state index in [9.17, 15) is 9.18 Å². The van der Waals surface area contributed by atoms with Gasteiger partial charge < -0.3 is 10.6 Å². The fourth-order valence-electron chi connectivity index (χ4n) is 2.45. The summed E-state index contributed by atoms with van der Waals surface area (Å²) in [5, 5.41) is 7.86. The van der Waals surface area contributed by atoms with Crippen LogP contribution >= 0.6 is 0 Å². The average molecular weight is 301 g/mol. The van der Waals surface area contributed by atoms with Gasteiger partial charge in [0.25, 0.3) is 0 Å². The molecule has 2 heterocycles. The summed E-state index contributed by atoms with van der Waals surface area (Å²) in [5.74, 6) is 0.570. The summed E-state index contributed by atoms with van der Waals surface area (Å²) in [6, 6.07) is 5.97. The Morgan fingerprint density at radius 3 is 2.77 bits per heavy atom. The maximum atomic E-state index is 13.1. The number of rotatable bonds is 3. The first-order valence-corrected chi connectivity index (χ1v) is 7.06. The lowest BCUT2D eigenvalue weighted by molar-refractivity contribution is -0.127. The Labute approximate surface area is 127 Å². The maximum Gasteiger partial charge on any atom is 0.229 e. The van der Waals surface area contributed by atoms with Crippen LogP contribution in [0.5, 0.6) is 0 Å². The highest BCUT2D eigenvalue weighted by molar-refractivity contribution is 6.22. The number of hydrogen-bond donors (Lipinski definition) is 1. The number of amides is 1. The number of hydrogen-bond acceptors (Lipinski definition) is 5.